The van der Waals surface area contributed by atoms with E-state index in [0.717, 1.165) is 19.6 Å². The minimum absolute atomic E-state index is 0.194. The van der Waals surface area contributed by atoms with E-state index >= 15 is 0 Å². The molecule has 0 saturated heterocycles. The van der Waals surface area contributed by atoms with Gasteiger partial charge in [0.1, 0.15) is 0 Å². The Hall–Kier alpha value is -1.64. The van der Waals surface area contributed by atoms with Gasteiger partial charge in [-0.25, -0.2) is 0 Å². The summed E-state index contributed by atoms with van der Waals surface area (Å²) >= 11 is 0. The van der Waals surface area contributed by atoms with Gasteiger partial charge in [0.05, 0.1) is 19.3 Å². The molecule has 0 bridgehead atoms. The molecule has 1 unspecified atom stereocenters. The van der Waals surface area contributed by atoms with E-state index in [0.29, 0.717) is 12.5 Å². The first-order valence-electron chi connectivity index (χ1n) is 15.0. The zero-order chi connectivity index (χ0) is 25.5. The Morgan fingerprint density at radius 1 is 0.556 bits per heavy atom. The molecule has 36 heavy (non-hydrogen) atoms. The molecule has 0 N–H and O–H groups in total. The first-order valence-corrected chi connectivity index (χ1v) is 15.0. The number of hydrogen-bond acceptors (Lipinski definition) is 2. The Morgan fingerprint density at radius 3 is 1.56 bits per heavy atom. The van der Waals surface area contributed by atoms with Gasteiger partial charge in [0.25, 0.3) is 0 Å². The smallest absolute Gasteiger partial charge is 0.0815 e. The summed E-state index contributed by atoms with van der Waals surface area (Å²) in [5.41, 5.74) is 2.73. The van der Waals surface area contributed by atoms with Gasteiger partial charge >= 0.3 is 0 Å². The van der Waals surface area contributed by atoms with Crippen LogP contribution in [-0.2, 0) is 22.5 Å². The highest BCUT2D eigenvalue weighted by atomic mass is 16.5. The van der Waals surface area contributed by atoms with Crippen molar-refractivity contribution < 1.29 is 9.47 Å². The predicted molar refractivity (Wildman–Crippen MR) is 155 cm³/mol. The van der Waals surface area contributed by atoms with Gasteiger partial charge in [0.15, 0.2) is 0 Å². The number of aryl methyl sites for hydroxylation is 1. The normalized spacial score (nSPS) is 12.3. The Labute approximate surface area is 223 Å². The fourth-order valence-corrected chi connectivity index (χ4v) is 4.84. The molecule has 0 heterocycles. The zero-order valence-corrected chi connectivity index (χ0v) is 23.5. The Morgan fingerprint density at radius 2 is 1.03 bits per heavy atom. The van der Waals surface area contributed by atoms with E-state index in [1.165, 1.54) is 101 Å². The summed E-state index contributed by atoms with van der Waals surface area (Å²) in [5, 5.41) is 0. The fraction of sp³-hybridized carbons (Fsp3) is 0.647. The van der Waals surface area contributed by atoms with Crippen LogP contribution in [0.15, 0.2) is 60.7 Å². The van der Waals surface area contributed by atoms with Gasteiger partial charge in [-0.1, -0.05) is 145 Å². The maximum atomic E-state index is 6.15. The number of rotatable bonds is 23. The van der Waals surface area contributed by atoms with Crippen LogP contribution in [-0.4, -0.2) is 19.3 Å². The molecule has 0 aliphatic rings. The van der Waals surface area contributed by atoms with Gasteiger partial charge in [-0.2, -0.15) is 0 Å². The van der Waals surface area contributed by atoms with Gasteiger partial charge in [0, 0.05) is 6.61 Å². The first kappa shape index (κ1) is 30.6. The number of benzene rings is 2. The molecule has 2 aromatic rings. The number of ether oxygens (including phenoxy) is 2. The summed E-state index contributed by atoms with van der Waals surface area (Å²) in [7, 11) is 0. The fourth-order valence-electron chi connectivity index (χ4n) is 4.84. The summed E-state index contributed by atoms with van der Waals surface area (Å²) in [4.78, 5) is 0. The van der Waals surface area contributed by atoms with E-state index in [1.54, 1.807) is 0 Å². The first-order chi connectivity index (χ1) is 17.7. The second-order valence-electron chi connectivity index (χ2n) is 11.0. The summed E-state index contributed by atoms with van der Waals surface area (Å²) in [6.07, 6.45) is 20.4. The van der Waals surface area contributed by atoms with Crippen LogP contribution in [0.1, 0.15) is 115 Å². The van der Waals surface area contributed by atoms with Crippen molar-refractivity contribution in [3.8, 4) is 0 Å². The number of hydrogen-bond donors (Lipinski definition) is 0. The maximum Gasteiger partial charge on any atom is 0.0815 e. The lowest BCUT2D eigenvalue weighted by Crippen LogP contribution is -2.22. The van der Waals surface area contributed by atoms with Crippen molar-refractivity contribution in [3.05, 3.63) is 71.8 Å². The molecule has 0 radical (unpaired) electrons. The Kier molecular flexibility index (Phi) is 18.2. The molecule has 1 atom stereocenters. The van der Waals surface area contributed by atoms with Gasteiger partial charge in [-0.3, -0.25) is 0 Å². The third-order valence-electron chi connectivity index (χ3n) is 6.96. The van der Waals surface area contributed by atoms with Gasteiger partial charge < -0.3 is 9.47 Å². The lowest BCUT2D eigenvalue weighted by molar-refractivity contribution is -0.0346. The molecular formula is C34H54O2. The van der Waals surface area contributed by atoms with E-state index in [-0.39, 0.29) is 6.10 Å². The minimum atomic E-state index is 0.194. The van der Waals surface area contributed by atoms with E-state index in [4.69, 9.17) is 9.47 Å². The highest BCUT2D eigenvalue weighted by Gasteiger charge is 2.12. The van der Waals surface area contributed by atoms with E-state index in [9.17, 15) is 0 Å². The largest absolute Gasteiger partial charge is 0.379 e. The average molecular weight is 495 g/mol. The topological polar surface area (TPSA) is 18.5 Å². The standard InChI is InChI=1S/C34H54O2/c1-31(2)28-34(36-29-33-25-19-15-20-26-33)30-35-27-21-13-11-9-7-5-3-4-6-8-10-12-16-22-32-23-17-14-18-24-32/h14-15,17-20,23-26,31,34H,3-13,16,21-22,27-30H2,1-2H3. The van der Waals surface area contributed by atoms with Crippen LogP contribution in [0.3, 0.4) is 0 Å². The number of unbranched alkanes of at least 4 members (excludes halogenated alkanes) is 12. The van der Waals surface area contributed by atoms with E-state index < -0.39 is 0 Å². The second kappa shape index (κ2) is 21.4. The van der Waals surface area contributed by atoms with Gasteiger partial charge in [0.2, 0.25) is 0 Å². The third-order valence-corrected chi connectivity index (χ3v) is 6.96. The van der Waals surface area contributed by atoms with Crippen LogP contribution in [0.4, 0.5) is 0 Å². The van der Waals surface area contributed by atoms with E-state index in [2.05, 4.69) is 74.5 Å². The molecule has 2 heteroatoms. The molecule has 2 aromatic carbocycles. The molecule has 0 spiro atoms. The lowest BCUT2D eigenvalue weighted by atomic mass is 10.0. The third kappa shape index (κ3) is 16.9. The van der Waals surface area contributed by atoms with Crippen molar-refractivity contribution in [1.82, 2.24) is 0 Å². The quantitative estimate of drug-likeness (QED) is 0.143. The molecule has 2 rings (SSSR count). The van der Waals surface area contributed by atoms with Crippen molar-refractivity contribution in [2.45, 2.75) is 123 Å². The predicted octanol–water partition coefficient (Wildman–Crippen LogP) is 9.95. The summed E-state index contributed by atoms with van der Waals surface area (Å²) in [6, 6.07) is 21.4. The van der Waals surface area contributed by atoms with Crippen LogP contribution in [0.5, 0.6) is 0 Å². The Bertz CT molecular complexity index is 712. The van der Waals surface area contributed by atoms with Crippen molar-refractivity contribution in [1.29, 1.82) is 0 Å². The molecule has 2 nitrogen and oxygen atoms in total. The molecule has 0 aliphatic heterocycles. The van der Waals surface area contributed by atoms with Crippen LogP contribution >= 0.6 is 0 Å². The van der Waals surface area contributed by atoms with Gasteiger partial charge in [-0.05, 0) is 42.7 Å². The zero-order valence-electron chi connectivity index (χ0n) is 23.5. The van der Waals surface area contributed by atoms with Gasteiger partial charge in [-0.15, -0.1) is 0 Å². The minimum Gasteiger partial charge on any atom is -0.379 e. The summed E-state index contributed by atoms with van der Waals surface area (Å²) in [5.74, 6) is 0.624. The SMILES string of the molecule is CC(C)CC(COCCCCCCCCCCCCCCCc1ccccc1)OCc1ccccc1. The highest BCUT2D eigenvalue weighted by Crippen LogP contribution is 2.15. The molecule has 0 aromatic heterocycles. The monoisotopic (exact) mass is 494 g/mol. The maximum absolute atomic E-state index is 6.15. The molecule has 0 amide bonds. The molecular weight excluding hydrogens is 440 g/mol. The summed E-state index contributed by atoms with van der Waals surface area (Å²) < 4.78 is 12.1. The van der Waals surface area contributed by atoms with Crippen LogP contribution < -0.4 is 0 Å². The van der Waals surface area contributed by atoms with Crippen molar-refractivity contribution in [2.24, 2.45) is 5.92 Å². The van der Waals surface area contributed by atoms with Crippen LogP contribution in [0, 0.1) is 5.92 Å². The van der Waals surface area contributed by atoms with E-state index in [1.807, 2.05) is 0 Å². The lowest BCUT2D eigenvalue weighted by Gasteiger charge is -2.20. The molecule has 202 valence electrons. The van der Waals surface area contributed by atoms with Crippen molar-refractivity contribution in [3.63, 3.8) is 0 Å². The molecule has 0 aliphatic carbocycles. The summed E-state index contributed by atoms with van der Waals surface area (Å²) in [6.45, 7) is 6.78. The van der Waals surface area contributed by atoms with Crippen molar-refractivity contribution >= 4 is 0 Å². The molecule has 0 fully saturated rings. The Balaban J connectivity index is 1.32. The van der Waals surface area contributed by atoms with Crippen LogP contribution in [0.2, 0.25) is 0 Å². The molecule has 0 saturated carbocycles. The second-order valence-corrected chi connectivity index (χ2v) is 11.0. The average Bonchev–Trinajstić information content (AvgIpc) is 2.89. The van der Waals surface area contributed by atoms with Crippen molar-refractivity contribution in [2.75, 3.05) is 13.2 Å². The van der Waals surface area contributed by atoms with Crippen LogP contribution in [0.25, 0.3) is 0 Å². The highest BCUT2D eigenvalue weighted by molar-refractivity contribution is 5.14.